The number of rotatable bonds is 5. The highest BCUT2D eigenvalue weighted by molar-refractivity contribution is 5.96. The summed E-state index contributed by atoms with van der Waals surface area (Å²) in [5.41, 5.74) is 1.54. The number of anilines is 1. The normalized spacial score (nSPS) is 10.9. The predicted octanol–water partition coefficient (Wildman–Crippen LogP) is 3.39. The second-order valence-corrected chi connectivity index (χ2v) is 7.26. The fraction of sp³-hybridized carbons (Fsp3) is 0.125. The summed E-state index contributed by atoms with van der Waals surface area (Å²) in [6, 6.07) is 19.8. The van der Waals surface area contributed by atoms with E-state index in [4.69, 9.17) is 0 Å². The number of halogens is 1. The van der Waals surface area contributed by atoms with Gasteiger partial charge in [0.2, 0.25) is 11.8 Å². The molecule has 156 valence electrons. The number of hydrogen-bond donors (Lipinski definition) is 1. The van der Waals surface area contributed by atoms with Crippen molar-refractivity contribution >= 4 is 39.3 Å². The van der Waals surface area contributed by atoms with Gasteiger partial charge in [0, 0.05) is 23.5 Å². The monoisotopic (exact) mass is 417 g/mol. The van der Waals surface area contributed by atoms with Crippen molar-refractivity contribution in [2.24, 2.45) is 0 Å². The van der Waals surface area contributed by atoms with Crippen molar-refractivity contribution in [1.82, 2.24) is 9.47 Å². The van der Waals surface area contributed by atoms with E-state index in [1.54, 1.807) is 47.0 Å². The molecule has 0 radical (unpaired) electrons. The minimum absolute atomic E-state index is 0.0367. The van der Waals surface area contributed by atoms with Crippen molar-refractivity contribution in [3.8, 4) is 0 Å². The Morgan fingerprint density at radius 2 is 1.55 bits per heavy atom. The second-order valence-electron chi connectivity index (χ2n) is 7.26. The highest BCUT2D eigenvalue weighted by atomic mass is 19.1. The Labute approximate surface area is 177 Å². The van der Waals surface area contributed by atoms with Crippen LogP contribution in [0.25, 0.3) is 21.8 Å². The minimum Gasteiger partial charge on any atom is -0.335 e. The van der Waals surface area contributed by atoms with Gasteiger partial charge in [0.05, 0.1) is 17.6 Å². The molecular formula is C24H20FN3O3. The van der Waals surface area contributed by atoms with Crippen molar-refractivity contribution in [3.05, 3.63) is 88.8 Å². The van der Waals surface area contributed by atoms with E-state index in [-0.39, 0.29) is 24.4 Å². The molecular weight excluding hydrogens is 397 g/mol. The lowest BCUT2D eigenvalue weighted by Gasteiger charge is -2.20. The smallest absolute Gasteiger partial charge is 0.243 e. The summed E-state index contributed by atoms with van der Waals surface area (Å²) in [5, 5.41) is 3.63. The molecule has 2 amide bonds. The molecule has 1 N–H and O–H groups in total. The molecule has 0 spiro atoms. The molecule has 1 aromatic heterocycles. The number of carbonyl (C=O) groups excluding carboxylic acids is 2. The van der Waals surface area contributed by atoms with Crippen molar-refractivity contribution in [2.45, 2.75) is 6.54 Å². The third-order valence-electron chi connectivity index (χ3n) is 5.09. The molecule has 7 heteroatoms. The third kappa shape index (κ3) is 4.16. The molecule has 31 heavy (non-hydrogen) atoms. The summed E-state index contributed by atoms with van der Waals surface area (Å²) < 4.78 is 15.1. The van der Waals surface area contributed by atoms with Crippen molar-refractivity contribution in [1.29, 1.82) is 0 Å². The topological polar surface area (TPSA) is 71.4 Å². The molecule has 0 bridgehead atoms. The Morgan fingerprint density at radius 3 is 2.16 bits per heavy atom. The minimum atomic E-state index is -0.459. The van der Waals surface area contributed by atoms with Gasteiger partial charge in [-0.2, -0.15) is 0 Å². The first kappa shape index (κ1) is 20.3. The lowest BCUT2D eigenvalue weighted by atomic mass is 10.1. The highest BCUT2D eigenvalue weighted by Gasteiger charge is 2.17. The van der Waals surface area contributed by atoms with E-state index < -0.39 is 11.7 Å². The number of likely N-dealkylation sites (N-methyl/N-ethyl adjacent to an activating group) is 1. The van der Waals surface area contributed by atoms with Crippen LogP contribution in [0, 0.1) is 5.82 Å². The van der Waals surface area contributed by atoms with Crippen LogP contribution >= 0.6 is 0 Å². The van der Waals surface area contributed by atoms with Crippen LogP contribution < -0.4 is 10.7 Å². The average Bonchev–Trinajstić information content (AvgIpc) is 2.76. The summed E-state index contributed by atoms with van der Waals surface area (Å²) in [7, 11) is 1.53. The van der Waals surface area contributed by atoms with Crippen LogP contribution in [0.1, 0.15) is 0 Å². The van der Waals surface area contributed by atoms with Gasteiger partial charge in [0.25, 0.3) is 0 Å². The fourth-order valence-corrected chi connectivity index (χ4v) is 3.57. The maximum absolute atomic E-state index is 13.3. The zero-order chi connectivity index (χ0) is 22.0. The van der Waals surface area contributed by atoms with Crippen LogP contribution in [-0.4, -0.2) is 34.9 Å². The van der Waals surface area contributed by atoms with Crippen LogP contribution in [0.15, 0.2) is 77.6 Å². The van der Waals surface area contributed by atoms with Gasteiger partial charge in [-0.05, 0) is 42.5 Å². The van der Waals surface area contributed by atoms with Gasteiger partial charge in [-0.25, -0.2) is 4.39 Å². The molecule has 0 saturated carbocycles. The molecule has 0 atom stereocenters. The third-order valence-corrected chi connectivity index (χ3v) is 5.09. The first-order valence-corrected chi connectivity index (χ1v) is 9.74. The maximum Gasteiger partial charge on any atom is 0.243 e. The summed E-state index contributed by atoms with van der Waals surface area (Å²) in [6.07, 6.45) is 0. The van der Waals surface area contributed by atoms with Gasteiger partial charge < -0.3 is 14.8 Å². The Kier molecular flexibility index (Phi) is 5.49. The molecule has 6 nitrogen and oxygen atoms in total. The van der Waals surface area contributed by atoms with Gasteiger partial charge in [-0.3, -0.25) is 14.4 Å². The Balaban J connectivity index is 1.58. The van der Waals surface area contributed by atoms with E-state index in [0.29, 0.717) is 27.5 Å². The molecule has 1 heterocycles. The zero-order valence-corrected chi connectivity index (χ0v) is 16.8. The molecule has 3 aromatic carbocycles. The number of hydrogen-bond acceptors (Lipinski definition) is 3. The predicted molar refractivity (Wildman–Crippen MR) is 118 cm³/mol. The quantitative estimate of drug-likeness (QED) is 0.506. The van der Waals surface area contributed by atoms with E-state index in [9.17, 15) is 18.8 Å². The average molecular weight is 417 g/mol. The van der Waals surface area contributed by atoms with Gasteiger partial charge in [0.15, 0.2) is 5.43 Å². The number of nitrogens with one attached hydrogen (secondary N) is 1. The van der Waals surface area contributed by atoms with Gasteiger partial charge in [-0.1, -0.05) is 30.3 Å². The molecule has 4 aromatic rings. The van der Waals surface area contributed by atoms with Gasteiger partial charge in [0.1, 0.15) is 12.4 Å². The second kappa shape index (κ2) is 8.39. The van der Waals surface area contributed by atoms with Crippen LogP contribution in [0.3, 0.4) is 0 Å². The van der Waals surface area contributed by atoms with Gasteiger partial charge in [-0.15, -0.1) is 0 Å². The number of nitrogens with zero attached hydrogens (tertiary/aromatic N) is 2. The van der Waals surface area contributed by atoms with Crippen LogP contribution in [0.2, 0.25) is 0 Å². The largest absolute Gasteiger partial charge is 0.335 e. The molecule has 0 aliphatic rings. The lowest BCUT2D eigenvalue weighted by Crippen LogP contribution is -2.37. The van der Waals surface area contributed by atoms with Crippen LogP contribution in [0.5, 0.6) is 0 Å². The first-order valence-electron chi connectivity index (χ1n) is 9.74. The number of carbonyl (C=O) groups is 2. The van der Waals surface area contributed by atoms with E-state index in [0.717, 1.165) is 0 Å². The SMILES string of the molecule is CN(CC(=O)Nc1cccc(F)c1)C(=O)Cn1c2ccccc2c(=O)c2ccccc21. The van der Waals surface area contributed by atoms with Crippen molar-refractivity contribution in [3.63, 3.8) is 0 Å². The number of amides is 2. The number of fused-ring (bicyclic) bond motifs is 2. The summed E-state index contributed by atoms with van der Waals surface area (Å²) in [4.78, 5) is 39.3. The van der Waals surface area contributed by atoms with Gasteiger partial charge >= 0.3 is 0 Å². The number of para-hydroxylation sites is 2. The van der Waals surface area contributed by atoms with Crippen LogP contribution in [-0.2, 0) is 16.1 Å². The Hall–Kier alpha value is -4.00. The number of aromatic nitrogens is 1. The molecule has 0 aliphatic heterocycles. The van der Waals surface area contributed by atoms with E-state index >= 15 is 0 Å². The summed E-state index contributed by atoms with van der Waals surface area (Å²) >= 11 is 0. The number of pyridine rings is 1. The number of benzene rings is 3. The molecule has 0 fully saturated rings. The Bertz CT molecular complexity index is 1300. The molecule has 4 rings (SSSR count). The standard InChI is InChI=1S/C24H20FN3O3/c1-27(14-22(29)26-17-8-6-7-16(25)13-17)23(30)15-28-20-11-4-2-9-18(20)24(31)19-10-3-5-12-21(19)28/h2-13H,14-15H2,1H3,(H,26,29). The zero-order valence-electron chi connectivity index (χ0n) is 16.8. The molecule has 0 saturated heterocycles. The van der Waals surface area contributed by atoms with Crippen molar-refractivity contribution in [2.75, 3.05) is 18.9 Å². The Morgan fingerprint density at radius 1 is 0.935 bits per heavy atom. The van der Waals surface area contributed by atoms with Crippen molar-refractivity contribution < 1.29 is 14.0 Å². The summed E-state index contributed by atoms with van der Waals surface area (Å²) in [5.74, 6) is -1.19. The maximum atomic E-state index is 13.3. The lowest BCUT2D eigenvalue weighted by molar-refractivity contribution is -0.133. The summed E-state index contributed by atoms with van der Waals surface area (Å²) in [6.45, 7) is -0.226. The molecule has 0 unspecified atom stereocenters. The fourth-order valence-electron chi connectivity index (χ4n) is 3.57. The van der Waals surface area contributed by atoms with Crippen LogP contribution in [0.4, 0.5) is 10.1 Å². The van der Waals surface area contributed by atoms with E-state index in [2.05, 4.69) is 5.32 Å². The first-order chi connectivity index (χ1) is 14.9. The highest BCUT2D eigenvalue weighted by Crippen LogP contribution is 2.19. The van der Waals surface area contributed by atoms with E-state index in [1.807, 2.05) is 12.1 Å². The van der Waals surface area contributed by atoms with E-state index in [1.165, 1.54) is 30.1 Å². The molecule has 0 aliphatic carbocycles.